The summed E-state index contributed by atoms with van der Waals surface area (Å²) in [7, 11) is 0. The molecule has 7 nitrogen and oxygen atoms in total. The number of ether oxygens (including phenoxy) is 2. The van der Waals surface area contributed by atoms with E-state index in [9.17, 15) is 9.59 Å². The number of benzene rings is 1. The molecule has 0 radical (unpaired) electrons. The van der Waals surface area contributed by atoms with E-state index in [1.165, 1.54) is 6.20 Å². The molecule has 7 heteroatoms. The Morgan fingerprint density at radius 3 is 2.96 bits per heavy atom. The van der Waals surface area contributed by atoms with Crippen LogP contribution in [0.2, 0.25) is 0 Å². The molecule has 1 fully saturated rings. The van der Waals surface area contributed by atoms with E-state index in [1.54, 1.807) is 11.8 Å². The highest BCUT2D eigenvalue weighted by molar-refractivity contribution is 5.93. The molecule has 2 aliphatic rings. The van der Waals surface area contributed by atoms with E-state index < -0.39 is 0 Å². The summed E-state index contributed by atoms with van der Waals surface area (Å²) >= 11 is 0. The number of fused-ring (bicyclic) bond motifs is 1. The summed E-state index contributed by atoms with van der Waals surface area (Å²) in [5.41, 5.74) is 0.821. The lowest BCUT2D eigenvalue weighted by Crippen LogP contribution is -2.47. The first-order valence-corrected chi connectivity index (χ1v) is 9.17. The van der Waals surface area contributed by atoms with E-state index in [0.29, 0.717) is 18.9 Å². The molecular weight excluding hydrogens is 346 g/mol. The van der Waals surface area contributed by atoms with Crippen molar-refractivity contribution in [3.63, 3.8) is 0 Å². The van der Waals surface area contributed by atoms with Gasteiger partial charge < -0.3 is 19.4 Å². The summed E-state index contributed by atoms with van der Waals surface area (Å²) in [6.45, 7) is 5.40. The number of carbonyl (C=O) groups is 1. The van der Waals surface area contributed by atoms with E-state index in [-0.39, 0.29) is 29.2 Å². The largest absolute Gasteiger partial charge is 0.454 e. The monoisotopic (exact) mass is 369 g/mol. The number of aromatic amines is 1. The van der Waals surface area contributed by atoms with Crippen LogP contribution in [0, 0.1) is 12.3 Å². The van der Waals surface area contributed by atoms with Crippen molar-refractivity contribution in [2.75, 3.05) is 19.9 Å². The lowest BCUT2D eigenvalue weighted by atomic mass is 9.76. The molecule has 0 spiro atoms. The zero-order valence-corrected chi connectivity index (χ0v) is 15.6. The number of amides is 1. The van der Waals surface area contributed by atoms with Gasteiger partial charge in [0, 0.05) is 19.3 Å². The summed E-state index contributed by atoms with van der Waals surface area (Å²) in [6.07, 6.45) is 4.13. The van der Waals surface area contributed by atoms with Gasteiger partial charge in [-0.2, -0.15) is 0 Å². The summed E-state index contributed by atoms with van der Waals surface area (Å²) in [5, 5.41) is 0. The van der Waals surface area contributed by atoms with Crippen LogP contribution in [0.1, 0.15) is 41.5 Å². The van der Waals surface area contributed by atoms with Crippen molar-refractivity contribution < 1.29 is 14.3 Å². The Hall–Kier alpha value is -2.83. The molecule has 142 valence electrons. The van der Waals surface area contributed by atoms with Crippen molar-refractivity contribution in [3.8, 4) is 11.5 Å². The molecule has 1 N–H and O–H groups in total. The van der Waals surface area contributed by atoms with E-state index in [1.807, 2.05) is 18.2 Å². The molecule has 1 aromatic carbocycles. The van der Waals surface area contributed by atoms with E-state index in [0.717, 1.165) is 36.3 Å². The average molecular weight is 369 g/mol. The van der Waals surface area contributed by atoms with Gasteiger partial charge in [-0.1, -0.05) is 13.0 Å². The first kappa shape index (κ1) is 17.6. The van der Waals surface area contributed by atoms with E-state index in [4.69, 9.17) is 9.47 Å². The SMILES string of the molecule is Cc1ncc(C(=O)N2CCCC(C)(Cc3ccc4c(c3)OCO4)C2)c(=O)[nH]1. The zero-order valence-electron chi connectivity index (χ0n) is 15.6. The average Bonchev–Trinajstić information content (AvgIpc) is 3.08. The number of rotatable bonds is 3. The maximum atomic E-state index is 12.9. The molecule has 3 heterocycles. The number of hydrogen-bond acceptors (Lipinski definition) is 5. The highest BCUT2D eigenvalue weighted by Gasteiger charge is 2.34. The molecule has 1 atom stereocenters. The topological polar surface area (TPSA) is 84.5 Å². The minimum atomic E-state index is -0.379. The van der Waals surface area contributed by atoms with Crippen LogP contribution >= 0.6 is 0 Å². The smallest absolute Gasteiger partial charge is 0.263 e. The molecule has 27 heavy (non-hydrogen) atoms. The second kappa shape index (κ2) is 6.72. The summed E-state index contributed by atoms with van der Waals surface area (Å²) in [5.74, 6) is 1.80. The van der Waals surface area contributed by atoms with Gasteiger partial charge in [0.15, 0.2) is 11.5 Å². The molecule has 1 aromatic heterocycles. The Balaban J connectivity index is 1.51. The summed E-state index contributed by atoms with van der Waals surface area (Å²) in [6, 6.07) is 6.00. The molecule has 2 aromatic rings. The number of carbonyl (C=O) groups excluding carboxylic acids is 1. The fraction of sp³-hybridized carbons (Fsp3) is 0.450. The number of aryl methyl sites for hydroxylation is 1. The lowest BCUT2D eigenvalue weighted by Gasteiger charge is -2.40. The molecule has 1 unspecified atom stereocenters. The fourth-order valence-corrected chi connectivity index (χ4v) is 3.98. The third-order valence-electron chi connectivity index (χ3n) is 5.29. The number of H-pyrrole nitrogens is 1. The van der Waals surface area contributed by atoms with Crippen molar-refractivity contribution in [3.05, 3.63) is 51.7 Å². The first-order chi connectivity index (χ1) is 12.9. The molecule has 1 saturated heterocycles. The van der Waals surface area contributed by atoms with Gasteiger partial charge in [0.05, 0.1) is 0 Å². The van der Waals surface area contributed by atoms with Gasteiger partial charge in [0.25, 0.3) is 11.5 Å². The van der Waals surface area contributed by atoms with Crippen LogP contribution in [0.3, 0.4) is 0 Å². The lowest BCUT2D eigenvalue weighted by molar-refractivity contribution is 0.0548. The highest BCUT2D eigenvalue weighted by atomic mass is 16.7. The third-order valence-corrected chi connectivity index (χ3v) is 5.29. The maximum absolute atomic E-state index is 12.9. The molecule has 0 saturated carbocycles. The number of aromatic nitrogens is 2. The number of hydrogen-bond donors (Lipinski definition) is 1. The van der Waals surface area contributed by atoms with E-state index in [2.05, 4.69) is 16.9 Å². The third kappa shape index (κ3) is 3.54. The van der Waals surface area contributed by atoms with Crippen LogP contribution in [0.25, 0.3) is 0 Å². The Morgan fingerprint density at radius 1 is 1.33 bits per heavy atom. The van der Waals surface area contributed by atoms with Gasteiger partial charge >= 0.3 is 0 Å². The summed E-state index contributed by atoms with van der Waals surface area (Å²) in [4.78, 5) is 33.4. The number of nitrogens with zero attached hydrogens (tertiary/aromatic N) is 2. The fourth-order valence-electron chi connectivity index (χ4n) is 3.98. The molecule has 4 rings (SSSR count). The molecule has 1 amide bonds. The zero-order chi connectivity index (χ0) is 19.0. The number of nitrogens with one attached hydrogen (secondary N) is 1. The van der Waals surface area contributed by atoms with Crippen LogP contribution in [-0.4, -0.2) is 40.7 Å². The van der Waals surface area contributed by atoms with Gasteiger partial charge in [-0.25, -0.2) is 4.98 Å². The summed E-state index contributed by atoms with van der Waals surface area (Å²) < 4.78 is 10.8. The van der Waals surface area contributed by atoms with Crippen molar-refractivity contribution in [1.29, 1.82) is 0 Å². The van der Waals surface area contributed by atoms with Crippen molar-refractivity contribution >= 4 is 5.91 Å². The van der Waals surface area contributed by atoms with Crippen LogP contribution in [0.5, 0.6) is 11.5 Å². The van der Waals surface area contributed by atoms with Gasteiger partial charge in [-0.05, 0) is 49.3 Å². The quantitative estimate of drug-likeness (QED) is 0.897. The van der Waals surface area contributed by atoms with Gasteiger partial charge in [-0.15, -0.1) is 0 Å². The van der Waals surface area contributed by atoms with Crippen LogP contribution in [0.4, 0.5) is 0 Å². The Kier molecular flexibility index (Phi) is 4.37. The van der Waals surface area contributed by atoms with Crippen LogP contribution in [-0.2, 0) is 6.42 Å². The second-order valence-electron chi connectivity index (χ2n) is 7.72. The first-order valence-electron chi connectivity index (χ1n) is 9.17. The van der Waals surface area contributed by atoms with Crippen molar-refractivity contribution in [2.45, 2.75) is 33.1 Å². The minimum absolute atomic E-state index is 0.0630. The number of likely N-dealkylation sites (tertiary alicyclic amines) is 1. The minimum Gasteiger partial charge on any atom is -0.454 e. The predicted molar refractivity (Wildman–Crippen MR) is 99.1 cm³/mol. The second-order valence-corrected chi connectivity index (χ2v) is 7.72. The van der Waals surface area contributed by atoms with Gasteiger partial charge in [-0.3, -0.25) is 9.59 Å². The Bertz CT molecular complexity index is 939. The van der Waals surface area contributed by atoms with E-state index >= 15 is 0 Å². The number of piperidine rings is 1. The van der Waals surface area contributed by atoms with Gasteiger partial charge in [0.1, 0.15) is 11.4 Å². The molecule has 0 bridgehead atoms. The molecule has 0 aliphatic carbocycles. The Labute approximate surface area is 157 Å². The highest BCUT2D eigenvalue weighted by Crippen LogP contribution is 2.37. The van der Waals surface area contributed by atoms with Gasteiger partial charge in [0.2, 0.25) is 6.79 Å². The van der Waals surface area contributed by atoms with Crippen molar-refractivity contribution in [2.24, 2.45) is 5.41 Å². The van der Waals surface area contributed by atoms with Crippen LogP contribution < -0.4 is 15.0 Å². The van der Waals surface area contributed by atoms with Crippen LogP contribution in [0.15, 0.2) is 29.2 Å². The Morgan fingerprint density at radius 2 is 2.15 bits per heavy atom. The van der Waals surface area contributed by atoms with Crippen molar-refractivity contribution in [1.82, 2.24) is 14.9 Å². The maximum Gasteiger partial charge on any atom is 0.263 e. The predicted octanol–water partition coefficient (Wildman–Crippen LogP) is 2.29. The normalized spacial score (nSPS) is 21.3. The molecule has 2 aliphatic heterocycles. The standard InChI is InChI=1S/C20H23N3O4/c1-13-21-10-15(18(24)22-13)19(25)23-7-3-6-20(2,11-23)9-14-4-5-16-17(8-14)27-12-26-16/h4-5,8,10H,3,6-7,9,11-12H2,1-2H3,(H,21,22,24). The molecular formula is C20H23N3O4.